The molecule has 1 N–H and O–H groups in total. The van der Waals surface area contributed by atoms with E-state index in [1.165, 1.54) is 12.1 Å². The Hall–Kier alpha value is -3.61. The smallest absolute Gasteiger partial charge is 0.255 e. The molecule has 2 aromatic heterocycles. The Bertz CT molecular complexity index is 1330. The van der Waals surface area contributed by atoms with Gasteiger partial charge in [-0.15, -0.1) is 0 Å². The van der Waals surface area contributed by atoms with Crippen molar-refractivity contribution in [3.63, 3.8) is 0 Å². The van der Waals surface area contributed by atoms with E-state index in [4.69, 9.17) is 13.7 Å². The largest absolute Gasteiger partial charge is 0.493 e. The Balaban J connectivity index is 1.75. The zero-order valence-electron chi connectivity index (χ0n) is 19.5. The third-order valence-electron chi connectivity index (χ3n) is 6.28. The summed E-state index contributed by atoms with van der Waals surface area (Å²) < 4.78 is 31.7. The van der Waals surface area contributed by atoms with Gasteiger partial charge in [0.25, 0.3) is 5.91 Å². The first-order valence-electron chi connectivity index (χ1n) is 11.7. The minimum Gasteiger partial charge on any atom is -0.493 e. The Morgan fingerprint density at radius 3 is 2.59 bits per heavy atom. The molecule has 1 fully saturated rings. The van der Waals surface area contributed by atoms with Gasteiger partial charge in [-0.2, -0.15) is 0 Å². The lowest BCUT2D eigenvalue weighted by molar-refractivity contribution is 0.0964. The van der Waals surface area contributed by atoms with Crippen LogP contribution in [0.25, 0.3) is 33.4 Å². The van der Waals surface area contributed by atoms with Gasteiger partial charge < -0.3 is 19.0 Å². The topological polar surface area (TPSA) is 77.5 Å². The number of furan rings is 1. The molecule has 7 heteroatoms. The van der Waals surface area contributed by atoms with Gasteiger partial charge in [0.1, 0.15) is 28.7 Å². The summed E-state index contributed by atoms with van der Waals surface area (Å²) in [5.41, 5.74) is 4.15. The number of aryl methyl sites for hydroxylation is 2. The van der Waals surface area contributed by atoms with Crippen molar-refractivity contribution in [2.75, 3.05) is 13.7 Å². The molecule has 2 heterocycles. The maximum absolute atomic E-state index is 13.6. The van der Waals surface area contributed by atoms with Crippen LogP contribution in [-0.4, -0.2) is 24.7 Å². The lowest BCUT2D eigenvalue weighted by atomic mass is 9.97. The average molecular weight is 463 g/mol. The van der Waals surface area contributed by atoms with Crippen LogP contribution in [0.15, 0.2) is 45.3 Å². The number of aromatic nitrogens is 1. The van der Waals surface area contributed by atoms with Gasteiger partial charge in [0.05, 0.1) is 23.4 Å². The zero-order chi connectivity index (χ0) is 23.8. The van der Waals surface area contributed by atoms with E-state index in [0.717, 1.165) is 35.4 Å². The normalized spacial score (nSPS) is 13.4. The number of nitrogens with one attached hydrogen (secondary N) is 1. The fraction of sp³-hybridized carbons (Fsp3) is 0.333. The molecule has 1 amide bonds. The molecule has 0 bridgehead atoms. The highest BCUT2D eigenvalue weighted by Gasteiger charge is 2.28. The molecule has 0 atom stereocenters. The van der Waals surface area contributed by atoms with Crippen molar-refractivity contribution in [3.8, 4) is 28.2 Å². The third kappa shape index (κ3) is 3.95. The number of carbonyl (C=O) groups is 1. The van der Waals surface area contributed by atoms with Crippen molar-refractivity contribution in [2.24, 2.45) is 5.92 Å². The van der Waals surface area contributed by atoms with E-state index >= 15 is 0 Å². The number of benzene rings is 2. The first-order chi connectivity index (χ1) is 16.5. The monoisotopic (exact) mass is 462 g/mol. The van der Waals surface area contributed by atoms with E-state index in [1.54, 1.807) is 19.2 Å². The average Bonchev–Trinajstić information content (AvgIpc) is 3.48. The lowest BCUT2D eigenvalue weighted by Crippen LogP contribution is -2.18. The molecule has 6 nitrogen and oxygen atoms in total. The molecule has 5 rings (SSSR count). The molecule has 1 aliphatic carbocycles. The number of ether oxygens (including phenoxy) is 1. The quantitative estimate of drug-likeness (QED) is 0.339. The van der Waals surface area contributed by atoms with E-state index in [9.17, 15) is 9.18 Å². The van der Waals surface area contributed by atoms with E-state index in [1.807, 2.05) is 26.0 Å². The molecule has 34 heavy (non-hydrogen) atoms. The Kier molecular flexibility index (Phi) is 5.86. The van der Waals surface area contributed by atoms with E-state index < -0.39 is 0 Å². The summed E-state index contributed by atoms with van der Waals surface area (Å²) in [6.07, 6.45) is 3.72. The fourth-order valence-electron chi connectivity index (χ4n) is 4.24. The van der Waals surface area contributed by atoms with Crippen molar-refractivity contribution in [3.05, 3.63) is 59.2 Å². The maximum Gasteiger partial charge on any atom is 0.255 e. The van der Waals surface area contributed by atoms with Crippen LogP contribution < -0.4 is 10.1 Å². The molecule has 1 aliphatic rings. The summed E-state index contributed by atoms with van der Waals surface area (Å²) in [5.74, 6) is 1.75. The second-order valence-corrected chi connectivity index (χ2v) is 8.63. The predicted molar refractivity (Wildman–Crippen MR) is 127 cm³/mol. The maximum atomic E-state index is 13.6. The van der Waals surface area contributed by atoms with Crippen LogP contribution in [0.5, 0.6) is 5.75 Å². The number of rotatable bonds is 8. The van der Waals surface area contributed by atoms with Crippen LogP contribution in [0.4, 0.5) is 4.39 Å². The van der Waals surface area contributed by atoms with Gasteiger partial charge in [-0.25, -0.2) is 4.39 Å². The van der Waals surface area contributed by atoms with Gasteiger partial charge in [0, 0.05) is 30.0 Å². The van der Waals surface area contributed by atoms with Crippen LogP contribution in [0.1, 0.15) is 48.5 Å². The van der Waals surface area contributed by atoms with Gasteiger partial charge in [-0.1, -0.05) is 19.0 Å². The fourth-order valence-corrected chi connectivity index (χ4v) is 4.24. The van der Waals surface area contributed by atoms with Gasteiger partial charge in [0.15, 0.2) is 0 Å². The molecule has 0 saturated heterocycles. The standard InChI is InChI=1S/C27H27FN2O4/c1-4-20-24(21(5-2)34-30-20)18-13-23-19(12-22(18)32-14-15-6-7-15)25(27(31)29-3)26(33-23)16-8-10-17(28)11-9-16/h8-13,15H,4-7,14H2,1-3H3,(H,29,31). The SMILES string of the molecule is CCc1noc(CC)c1-c1cc2oc(-c3ccc(F)cc3)c(C(=O)NC)c2cc1OCC1CC1. The number of carbonyl (C=O) groups excluding carboxylic acids is 1. The second-order valence-electron chi connectivity index (χ2n) is 8.63. The van der Waals surface area contributed by atoms with Crippen LogP contribution >= 0.6 is 0 Å². The minimum atomic E-state index is -0.356. The van der Waals surface area contributed by atoms with Crippen LogP contribution in [0, 0.1) is 11.7 Å². The number of amides is 1. The van der Waals surface area contributed by atoms with Gasteiger partial charge in [0.2, 0.25) is 0 Å². The minimum absolute atomic E-state index is 0.285. The van der Waals surface area contributed by atoms with E-state index in [-0.39, 0.29) is 11.7 Å². The molecule has 4 aromatic rings. The summed E-state index contributed by atoms with van der Waals surface area (Å²) in [5, 5.41) is 7.61. The van der Waals surface area contributed by atoms with Gasteiger partial charge in [-0.05, 0) is 61.6 Å². The van der Waals surface area contributed by atoms with E-state index in [2.05, 4.69) is 10.5 Å². The molecule has 0 aliphatic heterocycles. The summed E-state index contributed by atoms with van der Waals surface area (Å²) in [4.78, 5) is 12.9. The highest BCUT2D eigenvalue weighted by molar-refractivity contribution is 6.12. The van der Waals surface area contributed by atoms with Crippen molar-refractivity contribution in [1.29, 1.82) is 0 Å². The molecule has 0 spiro atoms. The molecule has 176 valence electrons. The molecular weight excluding hydrogens is 435 g/mol. The molecule has 1 saturated carbocycles. The first-order valence-corrected chi connectivity index (χ1v) is 11.7. The number of nitrogens with zero attached hydrogens (tertiary/aromatic N) is 1. The summed E-state index contributed by atoms with van der Waals surface area (Å²) in [6.45, 7) is 4.67. The van der Waals surface area contributed by atoms with Crippen molar-refractivity contribution >= 4 is 16.9 Å². The predicted octanol–water partition coefficient (Wildman–Crippen LogP) is 6.17. The first kappa shape index (κ1) is 22.2. The van der Waals surface area contributed by atoms with Gasteiger partial charge >= 0.3 is 0 Å². The molecule has 0 unspecified atom stereocenters. The van der Waals surface area contributed by atoms with Crippen molar-refractivity contribution in [2.45, 2.75) is 39.5 Å². The van der Waals surface area contributed by atoms with Crippen LogP contribution in [0.2, 0.25) is 0 Å². The number of hydrogen-bond donors (Lipinski definition) is 1. The Morgan fingerprint density at radius 1 is 1.18 bits per heavy atom. The third-order valence-corrected chi connectivity index (χ3v) is 6.28. The van der Waals surface area contributed by atoms with Crippen molar-refractivity contribution < 1.29 is 22.9 Å². The highest BCUT2D eigenvalue weighted by atomic mass is 19.1. The van der Waals surface area contributed by atoms with Gasteiger partial charge in [-0.3, -0.25) is 4.79 Å². The molecular formula is C27H27FN2O4. The summed E-state index contributed by atoms with van der Waals surface area (Å²) >= 11 is 0. The van der Waals surface area contributed by atoms with Crippen molar-refractivity contribution in [1.82, 2.24) is 10.5 Å². The van der Waals surface area contributed by atoms with Crippen LogP contribution in [-0.2, 0) is 12.8 Å². The van der Waals surface area contributed by atoms with Crippen LogP contribution in [0.3, 0.4) is 0 Å². The Morgan fingerprint density at radius 2 is 1.94 bits per heavy atom. The zero-order valence-corrected chi connectivity index (χ0v) is 19.5. The number of hydrogen-bond acceptors (Lipinski definition) is 5. The summed E-state index contributed by atoms with van der Waals surface area (Å²) in [6, 6.07) is 9.69. The second kappa shape index (κ2) is 8.97. The lowest BCUT2D eigenvalue weighted by Gasteiger charge is -2.12. The van der Waals surface area contributed by atoms with E-state index in [0.29, 0.717) is 59.0 Å². The Labute approximate surface area is 197 Å². The number of fused-ring (bicyclic) bond motifs is 1. The molecule has 0 radical (unpaired) electrons. The molecule has 2 aromatic carbocycles. The number of halogens is 1. The summed E-state index contributed by atoms with van der Waals surface area (Å²) in [7, 11) is 1.58. The highest BCUT2D eigenvalue weighted by Crippen LogP contribution is 2.43.